The number of carbonyl (C=O) groups excluding carboxylic acids is 1. The Balaban J connectivity index is 1.42. The Labute approximate surface area is 132 Å². The van der Waals surface area contributed by atoms with Gasteiger partial charge in [0.05, 0.1) is 0 Å². The van der Waals surface area contributed by atoms with Crippen molar-refractivity contribution in [2.24, 2.45) is 5.92 Å². The number of fused-ring (bicyclic) bond motifs is 1. The molecule has 0 spiro atoms. The molecule has 1 heterocycles. The molecule has 0 radical (unpaired) electrons. The number of hydrogen-bond acceptors (Lipinski definition) is 2. The molecular formula is C19H24N2O. The molecule has 1 unspecified atom stereocenters. The summed E-state index contributed by atoms with van der Waals surface area (Å²) in [6.45, 7) is 2.90. The Morgan fingerprint density at radius 2 is 2.05 bits per heavy atom. The lowest BCUT2D eigenvalue weighted by Gasteiger charge is -2.09. The molecule has 2 aromatic carbocycles. The van der Waals surface area contributed by atoms with E-state index < -0.39 is 0 Å². The van der Waals surface area contributed by atoms with E-state index in [1.54, 1.807) is 0 Å². The number of benzene rings is 2. The summed E-state index contributed by atoms with van der Waals surface area (Å²) in [5.74, 6) is 0.874. The monoisotopic (exact) mass is 296 g/mol. The van der Waals surface area contributed by atoms with Gasteiger partial charge in [0.2, 0.25) is 5.91 Å². The zero-order chi connectivity index (χ0) is 15.2. The number of nitrogens with one attached hydrogen (secondary N) is 2. The van der Waals surface area contributed by atoms with Gasteiger partial charge < -0.3 is 10.6 Å². The van der Waals surface area contributed by atoms with E-state index in [1.807, 2.05) is 0 Å². The van der Waals surface area contributed by atoms with Crippen LogP contribution in [0.4, 0.5) is 0 Å². The summed E-state index contributed by atoms with van der Waals surface area (Å²) in [5, 5.41) is 8.92. The summed E-state index contributed by atoms with van der Waals surface area (Å²) in [6.07, 6.45) is 3.77. The second-order valence-electron chi connectivity index (χ2n) is 6.18. The topological polar surface area (TPSA) is 41.1 Å². The van der Waals surface area contributed by atoms with Crippen molar-refractivity contribution < 1.29 is 4.79 Å². The summed E-state index contributed by atoms with van der Waals surface area (Å²) < 4.78 is 0. The van der Waals surface area contributed by atoms with Gasteiger partial charge in [-0.1, -0.05) is 42.5 Å². The Morgan fingerprint density at radius 1 is 1.18 bits per heavy atom. The molecule has 2 N–H and O–H groups in total. The smallest absolute Gasteiger partial charge is 0.220 e. The highest BCUT2D eigenvalue weighted by Gasteiger charge is 2.15. The Hall–Kier alpha value is -1.87. The van der Waals surface area contributed by atoms with Crippen molar-refractivity contribution in [3.8, 4) is 0 Å². The van der Waals surface area contributed by atoms with Crippen LogP contribution in [0.3, 0.4) is 0 Å². The van der Waals surface area contributed by atoms with Gasteiger partial charge in [-0.15, -0.1) is 0 Å². The van der Waals surface area contributed by atoms with E-state index in [2.05, 4.69) is 53.1 Å². The molecule has 1 aliphatic rings. The predicted molar refractivity (Wildman–Crippen MR) is 90.9 cm³/mol. The van der Waals surface area contributed by atoms with Gasteiger partial charge in [-0.3, -0.25) is 4.79 Å². The first-order valence-corrected chi connectivity index (χ1v) is 8.26. The third-order valence-corrected chi connectivity index (χ3v) is 4.49. The van der Waals surface area contributed by atoms with Crippen LogP contribution in [0.15, 0.2) is 42.5 Å². The fraction of sp³-hybridized carbons (Fsp3) is 0.421. The van der Waals surface area contributed by atoms with E-state index in [4.69, 9.17) is 0 Å². The van der Waals surface area contributed by atoms with Crippen LogP contribution < -0.4 is 10.6 Å². The first-order chi connectivity index (χ1) is 10.8. The van der Waals surface area contributed by atoms with Crippen molar-refractivity contribution >= 4 is 16.7 Å². The van der Waals surface area contributed by atoms with Crippen molar-refractivity contribution in [3.63, 3.8) is 0 Å². The molecular weight excluding hydrogens is 272 g/mol. The molecule has 3 nitrogen and oxygen atoms in total. The molecule has 0 bridgehead atoms. The minimum Gasteiger partial charge on any atom is -0.356 e. The minimum absolute atomic E-state index is 0.188. The average molecular weight is 296 g/mol. The van der Waals surface area contributed by atoms with E-state index in [0.29, 0.717) is 12.3 Å². The molecule has 3 rings (SSSR count). The predicted octanol–water partition coefficient (Wildman–Crippen LogP) is 2.89. The highest BCUT2D eigenvalue weighted by Crippen LogP contribution is 2.16. The van der Waals surface area contributed by atoms with Crippen molar-refractivity contribution in [1.29, 1.82) is 0 Å². The molecule has 1 amide bonds. The van der Waals surface area contributed by atoms with Crippen molar-refractivity contribution in [1.82, 2.24) is 10.6 Å². The fourth-order valence-corrected chi connectivity index (χ4v) is 3.12. The zero-order valence-corrected chi connectivity index (χ0v) is 13.0. The second kappa shape index (κ2) is 7.41. The maximum atomic E-state index is 11.9. The van der Waals surface area contributed by atoms with Crippen LogP contribution in [-0.4, -0.2) is 25.5 Å². The van der Waals surface area contributed by atoms with Crippen LogP contribution in [0.1, 0.15) is 24.8 Å². The van der Waals surface area contributed by atoms with Crippen LogP contribution >= 0.6 is 0 Å². The van der Waals surface area contributed by atoms with E-state index in [-0.39, 0.29) is 5.91 Å². The molecule has 1 saturated heterocycles. The van der Waals surface area contributed by atoms with Gasteiger partial charge in [0.25, 0.3) is 0 Å². The lowest BCUT2D eigenvalue weighted by atomic mass is 10.0. The number of rotatable bonds is 6. The maximum absolute atomic E-state index is 11.9. The van der Waals surface area contributed by atoms with E-state index >= 15 is 0 Å². The fourth-order valence-electron chi connectivity index (χ4n) is 3.12. The molecule has 1 aliphatic heterocycles. The maximum Gasteiger partial charge on any atom is 0.220 e. The lowest BCUT2D eigenvalue weighted by Crippen LogP contribution is -2.26. The van der Waals surface area contributed by atoms with Gasteiger partial charge in [0.1, 0.15) is 0 Å². The number of carbonyl (C=O) groups is 1. The summed E-state index contributed by atoms with van der Waals surface area (Å²) in [5.41, 5.74) is 1.28. The van der Waals surface area contributed by atoms with Crippen LogP contribution in [-0.2, 0) is 11.2 Å². The molecule has 1 atom stereocenters. The van der Waals surface area contributed by atoms with Gasteiger partial charge in [0.15, 0.2) is 0 Å². The molecule has 0 aliphatic carbocycles. The Kier molecular flexibility index (Phi) is 5.07. The zero-order valence-electron chi connectivity index (χ0n) is 13.0. The molecule has 116 valence electrons. The molecule has 0 saturated carbocycles. The first kappa shape index (κ1) is 15.0. The highest BCUT2D eigenvalue weighted by molar-refractivity contribution is 5.83. The Morgan fingerprint density at radius 3 is 2.86 bits per heavy atom. The van der Waals surface area contributed by atoms with Crippen LogP contribution in [0, 0.1) is 5.92 Å². The van der Waals surface area contributed by atoms with Gasteiger partial charge in [-0.2, -0.15) is 0 Å². The third kappa shape index (κ3) is 4.08. The largest absolute Gasteiger partial charge is 0.356 e. The SMILES string of the molecule is O=C(CCC1CCNC1)NCCc1ccc2ccccc2c1. The summed E-state index contributed by atoms with van der Waals surface area (Å²) in [4.78, 5) is 11.9. The van der Waals surface area contributed by atoms with Gasteiger partial charge in [0, 0.05) is 13.0 Å². The first-order valence-electron chi connectivity index (χ1n) is 8.26. The normalized spacial score (nSPS) is 17.7. The third-order valence-electron chi connectivity index (χ3n) is 4.49. The molecule has 1 fully saturated rings. The van der Waals surface area contributed by atoms with E-state index in [9.17, 15) is 4.79 Å². The van der Waals surface area contributed by atoms with Crippen molar-refractivity contribution in [2.45, 2.75) is 25.7 Å². The second-order valence-corrected chi connectivity index (χ2v) is 6.18. The molecule has 0 aromatic heterocycles. The van der Waals surface area contributed by atoms with Crippen molar-refractivity contribution in [3.05, 3.63) is 48.0 Å². The van der Waals surface area contributed by atoms with Gasteiger partial charge >= 0.3 is 0 Å². The average Bonchev–Trinajstić information content (AvgIpc) is 3.06. The van der Waals surface area contributed by atoms with Crippen LogP contribution in [0.5, 0.6) is 0 Å². The minimum atomic E-state index is 0.188. The molecule has 3 heteroatoms. The molecule has 22 heavy (non-hydrogen) atoms. The van der Waals surface area contributed by atoms with Crippen LogP contribution in [0.2, 0.25) is 0 Å². The lowest BCUT2D eigenvalue weighted by molar-refractivity contribution is -0.121. The van der Waals surface area contributed by atoms with Gasteiger partial charge in [-0.05, 0) is 54.6 Å². The van der Waals surface area contributed by atoms with Crippen molar-refractivity contribution in [2.75, 3.05) is 19.6 Å². The summed E-state index contributed by atoms with van der Waals surface area (Å²) >= 11 is 0. The summed E-state index contributed by atoms with van der Waals surface area (Å²) in [6, 6.07) is 14.9. The molecule has 2 aromatic rings. The Bertz CT molecular complexity index is 632. The quantitative estimate of drug-likeness (QED) is 0.860. The van der Waals surface area contributed by atoms with Crippen LogP contribution in [0.25, 0.3) is 10.8 Å². The van der Waals surface area contributed by atoms with E-state index in [0.717, 1.165) is 32.5 Å². The standard InChI is InChI=1S/C19H24N2O/c22-19(8-6-16-9-11-20-14-16)21-12-10-15-5-7-17-3-1-2-4-18(17)13-15/h1-5,7,13,16,20H,6,8-12,14H2,(H,21,22). The number of amides is 1. The van der Waals surface area contributed by atoms with Gasteiger partial charge in [-0.25, -0.2) is 0 Å². The number of hydrogen-bond donors (Lipinski definition) is 2. The summed E-state index contributed by atoms with van der Waals surface area (Å²) in [7, 11) is 0. The highest BCUT2D eigenvalue weighted by atomic mass is 16.1. The van der Waals surface area contributed by atoms with E-state index in [1.165, 1.54) is 22.8 Å².